The molecular weight excluding hydrogens is 266 g/mol. The van der Waals surface area contributed by atoms with Gasteiger partial charge < -0.3 is 10.4 Å². The zero-order chi connectivity index (χ0) is 13.0. The maximum absolute atomic E-state index is 9.64. The number of aliphatic hydroxyl groups is 1. The van der Waals surface area contributed by atoms with E-state index in [1.165, 1.54) is 0 Å². The van der Waals surface area contributed by atoms with Crippen LogP contribution in [0.25, 0.3) is 0 Å². The van der Waals surface area contributed by atoms with Gasteiger partial charge in [0.25, 0.3) is 0 Å². The van der Waals surface area contributed by atoms with Crippen LogP contribution in [0.3, 0.4) is 0 Å². The second-order valence-corrected chi connectivity index (χ2v) is 5.81. The minimum atomic E-state index is -0.450. The summed E-state index contributed by atoms with van der Waals surface area (Å²) in [6.07, 6.45) is 0. The molecule has 0 radical (unpaired) electrons. The Labute approximate surface area is 116 Å². The molecule has 2 N–H and O–H groups in total. The van der Waals surface area contributed by atoms with E-state index in [-0.39, 0.29) is 6.61 Å². The highest BCUT2D eigenvalue weighted by Gasteiger charge is 2.25. The third kappa shape index (κ3) is 2.93. The van der Waals surface area contributed by atoms with Gasteiger partial charge in [-0.05, 0) is 23.9 Å². The fourth-order valence-electron chi connectivity index (χ4n) is 1.78. The Balaban J connectivity index is 2.12. The SMILES string of the molecule is C[C@@](CO)(NCc1sccc1Cl)c1ccccc1. The molecule has 1 heterocycles. The molecule has 0 bridgehead atoms. The average molecular weight is 282 g/mol. The van der Waals surface area contributed by atoms with Gasteiger partial charge in [-0.25, -0.2) is 0 Å². The van der Waals surface area contributed by atoms with Gasteiger partial charge in [-0.1, -0.05) is 41.9 Å². The van der Waals surface area contributed by atoms with Crippen LogP contribution in [0.1, 0.15) is 17.4 Å². The van der Waals surface area contributed by atoms with Crippen LogP contribution in [0, 0.1) is 0 Å². The summed E-state index contributed by atoms with van der Waals surface area (Å²) < 4.78 is 0. The van der Waals surface area contributed by atoms with Gasteiger partial charge in [0.05, 0.1) is 17.2 Å². The molecule has 96 valence electrons. The number of hydrogen-bond acceptors (Lipinski definition) is 3. The molecule has 18 heavy (non-hydrogen) atoms. The smallest absolute Gasteiger partial charge is 0.0652 e. The summed E-state index contributed by atoms with van der Waals surface area (Å²) >= 11 is 7.69. The molecule has 0 aliphatic heterocycles. The lowest BCUT2D eigenvalue weighted by Gasteiger charge is -2.29. The van der Waals surface area contributed by atoms with E-state index in [2.05, 4.69) is 5.32 Å². The van der Waals surface area contributed by atoms with Gasteiger partial charge in [0.1, 0.15) is 0 Å². The molecule has 4 heteroatoms. The molecule has 2 rings (SSSR count). The van der Waals surface area contributed by atoms with Crippen molar-refractivity contribution in [1.29, 1.82) is 0 Å². The molecule has 0 saturated carbocycles. The van der Waals surface area contributed by atoms with Gasteiger partial charge in [-0.2, -0.15) is 0 Å². The van der Waals surface area contributed by atoms with Crippen molar-refractivity contribution in [3.8, 4) is 0 Å². The Morgan fingerprint density at radius 3 is 2.56 bits per heavy atom. The molecule has 0 spiro atoms. The van der Waals surface area contributed by atoms with Gasteiger partial charge in [-0.3, -0.25) is 0 Å². The summed E-state index contributed by atoms with van der Waals surface area (Å²) in [6.45, 7) is 2.69. The molecular formula is C14H16ClNOS. The molecule has 1 aromatic carbocycles. The van der Waals surface area contributed by atoms with Crippen molar-refractivity contribution in [2.24, 2.45) is 0 Å². The number of hydrogen-bond donors (Lipinski definition) is 2. The van der Waals surface area contributed by atoms with Crippen molar-refractivity contribution < 1.29 is 5.11 Å². The second kappa shape index (κ2) is 5.85. The standard InChI is InChI=1S/C14H16ClNOS/c1-14(10-17,11-5-3-2-4-6-11)16-9-13-12(15)7-8-18-13/h2-8,16-17H,9-10H2,1H3/t14-/m0/s1. The molecule has 0 aliphatic carbocycles. The van der Waals surface area contributed by atoms with Crippen LogP contribution in [0.5, 0.6) is 0 Å². The second-order valence-electron chi connectivity index (χ2n) is 4.40. The van der Waals surface area contributed by atoms with E-state index in [4.69, 9.17) is 11.6 Å². The Kier molecular flexibility index (Phi) is 4.40. The molecule has 0 unspecified atom stereocenters. The van der Waals surface area contributed by atoms with Crippen molar-refractivity contribution in [3.05, 3.63) is 57.2 Å². The van der Waals surface area contributed by atoms with Gasteiger partial charge in [-0.15, -0.1) is 11.3 Å². The van der Waals surface area contributed by atoms with E-state index in [1.54, 1.807) is 11.3 Å². The summed E-state index contributed by atoms with van der Waals surface area (Å²) in [6, 6.07) is 11.8. The van der Waals surface area contributed by atoms with Gasteiger partial charge in [0, 0.05) is 11.4 Å². The van der Waals surface area contributed by atoms with Crippen molar-refractivity contribution in [3.63, 3.8) is 0 Å². The molecule has 0 fully saturated rings. The Morgan fingerprint density at radius 2 is 2.00 bits per heavy atom. The lowest BCUT2D eigenvalue weighted by Crippen LogP contribution is -2.42. The first kappa shape index (κ1) is 13.6. The first-order valence-corrected chi connectivity index (χ1v) is 7.05. The summed E-state index contributed by atoms with van der Waals surface area (Å²) in [5.41, 5.74) is 0.620. The molecule has 0 amide bonds. The van der Waals surface area contributed by atoms with Gasteiger partial charge in [0.2, 0.25) is 0 Å². The Morgan fingerprint density at radius 1 is 1.28 bits per heavy atom. The van der Waals surface area contributed by atoms with Gasteiger partial charge in [0.15, 0.2) is 0 Å². The normalized spacial score (nSPS) is 14.4. The predicted molar refractivity (Wildman–Crippen MR) is 77.0 cm³/mol. The highest BCUT2D eigenvalue weighted by molar-refractivity contribution is 7.10. The maximum atomic E-state index is 9.64. The van der Waals surface area contributed by atoms with Crippen LogP contribution in [0.2, 0.25) is 5.02 Å². The first-order valence-electron chi connectivity index (χ1n) is 5.79. The summed E-state index contributed by atoms with van der Waals surface area (Å²) in [5, 5.41) is 15.8. The van der Waals surface area contributed by atoms with Crippen LogP contribution in [-0.4, -0.2) is 11.7 Å². The Hall–Kier alpha value is -0.870. The number of benzene rings is 1. The number of rotatable bonds is 5. The lowest BCUT2D eigenvalue weighted by atomic mass is 9.93. The highest BCUT2D eigenvalue weighted by atomic mass is 35.5. The highest BCUT2D eigenvalue weighted by Crippen LogP contribution is 2.25. The van der Waals surface area contributed by atoms with Crippen molar-refractivity contribution in [1.82, 2.24) is 5.32 Å². The van der Waals surface area contributed by atoms with E-state index >= 15 is 0 Å². The van der Waals surface area contributed by atoms with Crippen LogP contribution in [-0.2, 0) is 12.1 Å². The van der Waals surface area contributed by atoms with E-state index in [1.807, 2.05) is 48.7 Å². The molecule has 0 saturated heterocycles. The zero-order valence-electron chi connectivity index (χ0n) is 10.2. The quantitative estimate of drug-likeness (QED) is 0.880. The number of nitrogens with one attached hydrogen (secondary N) is 1. The average Bonchev–Trinajstić information content (AvgIpc) is 2.83. The molecule has 1 aromatic heterocycles. The number of thiophene rings is 1. The summed E-state index contributed by atoms with van der Waals surface area (Å²) in [5.74, 6) is 0. The van der Waals surface area contributed by atoms with E-state index in [0.717, 1.165) is 15.5 Å². The monoisotopic (exact) mass is 281 g/mol. The fourth-order valence-corrected chi connectivity index (χ4v) is 2.82. The maximum Gasteiger partial charge on any atom is 0.0652 e. The van der Waals surface area contributed by atoms with Crippen LogP contribution in [0.4, 0.5) is 0 Å². The fraction of sp³-hybridized carbons (Fsp3) is 0.286. The zero-order valence-corrected chi connectivity index (χ0v) is 11.8. The lowest BCUT2D eigenvalue weighted by molar-refractivity contribution is 0.174. The van der Waals surface area contributed by atoms with E-state index in [0.29, 0.717) is 6.54 Å². The van der Waals surface area contributed by atoms with Crippen molar-refractivity contribution >= 4 is 22.9 Å². The Bertz CT molecular complexity index is 500. The molecule has 2 nitrogen and oxygen atoms in total. The van der Waals surface area contributed by atoms with Crippen molar-refractivity contribution in [2.75, 3.05) is 6.61 Å². The summed E-state index contributed by atoms with van der Waals surface area (Å²) in [4.78, 5) is 1.09. The van der Waals surface area contributed by atoms with Crippen molar-refractivity contribution in [2.45, 2.75) is 19.0 Å². The molecule has 0 aliphatic rings. The van der Waals surface area contributed by atoms with Crippen LogP contribution >= 0.6 is 22.9 Å². The largest absolute Gasteiger partial charge is 0.394 e. The third-order valence-corrected chi connectivity index (χ3v) is 4.44. The van der Waals surface area contributed by atoms with Crippen LogP contribution in [0.15, 0.2) is 41.8 Å². The molecule has 2 aromatic rings. The number of aliphatic hydroxyl groups excluding tert-OH is 1. The molecule has 1 atom stereocenters. The van der Waals surface area contributed by atoms with Gasteiger partial charge >= 0.3 is 0 Å². The topological polar surface area (TPSA) is 32.3 Å². The van der Waals surface area contributed by atoms with E-state index < -0.39 is 5.54 Å². The third-order valence-electron chi connectivity index (χ3n) is 3.06. The van der Waals surface area contributed by atoms with Crippen LogP contribution < -0.4 is 5.32 Å². The minimum Gasteiger partial charge on any atom is -0.394 e. The summed E-state index contributed by atoms with van der Waals surface area (Å²) in [7, 11) is 0. The predicted octanol–water partition coefficient (Wildman–Crippen LogP) is 3.40. The van der Waals surface area contributed by atoms with E-state index in [9.17, 15) is 5.11 Å². The first-order chi connectivity index (χ1) is 8.65. The number of halogens is 1. The minimum absolute atomic E-state index is 0.0417.